The zero-order valence-corrected chi connectivity index (χ0v) is 8.46. The Morgan fingerprint density at radius 3 is 2.54 bits per heavy atom. The first-order valence-corrected chi connectivity index (χ1v) is 4.08. The molecule has 0 aromatic rings. The Labute approximate surface area is 78.2 Å². The van der Waals surface area contributed by atoms with Gasteiger partial charge in [0.2, 0.25) is 0 Å². The predicted octanol–water partition coefficient (Wildman–Crippen LogP) is 1.52. The number of oxime groups is 1. The van der Waals surface area contributed by atoms with Crippen LogP contribution < -0.4 is 0 Å². The van der Waals surface area contributed by atoms with Gasteiger partial charge >= 0.3 is 5.97 Å². The molecular formula is C9H15NO3. The Morgan fingerprint density at radius 1 is 1.54 bits per heavy atom. The number of nitrogens with zero attached hydrogens (tertiary/aromatic N) is 1. The van der Waals surface area contributed by atoms with Crippen LogP contribution in [0.15, 0.2) is 16.8 Å². The Morgan fingerprint density at radius 2 is 2.15 bits per heavy atom. The molecule has 4 nitrogen and oxygen atoms in total. The van der Waals surface area contributed by atoms with Crippen LogP contribution in [0, 0.1) is 0 Å². The van der Waals surface area contributed by atoms with E-state index in [9.17, 15) is 4.79 Å². The molecule has 0 N–H and O–H groups in total. The molecule has 74 valence electrons. The van der Waals surface area contributed by atoms with Crippen molar-refractivity contribution in [3.63, 3.8) is 0 Å². The molecule has 0 spiro atoms. The summed E-state index contributed by atoms with van der Waals surface area (Å²) >= 11 is 0. The van der Waals surface area contributed by atoms with Gasteiger partial charge in [0.1, 0.15) is 7.11 Å². The zero-order valence-electron chi connectivity index (χ0n) is 8.46. The molecule has 0 amide bonds. The summed E-state index contributed by atoms with van der Waals surface area (Å²) < 4.78 is 4.79. The van der Waals surface area contributed by atoms with Gasteiger partial charge in [0.25, 0.3) is 0 Å². The van der Waals surface area contributed by atoms with E-state index in [4.69, 9.17) is 4.74 Å². The Hall–Kier alpha value is -1.32. The molecule has 0 aliphatic heterocycles. The number of allylic oxidation sites excluding steroid dienone is 1. The van der Waals surface area contributed by atoms with Crippen LogP contribution in [-0.2, 0) is 14.4 Å². The van der Waals surface area contributed by atoms with Crippen molar-refractivity contribution in [3.8, 4) is 0 Å². The third kappa shape index (κ3) is 3.73. The van der Waals surface area contributed by atoms with E-state index in [2.05, 4.69) is 9.99 Å². The normalized spacial score (nSPS) is 12.6. The van der Waals surface area contributed by atoms with Gasteiger partial charge in [-0.25, -0.2) is 4.79 Å². The maximum Gasteiger partial charge on any atom is 0.360 e. The lowest BCUT2D eigenvalue weighted by molar-refractivity contribution is -0.135. The smallest absolute Gasteiger partial charge is 0.360 e. The number of esters is 1. The molecular weight excluding hydrogens is 170 g/mol. The molecule has 13 heavy (non-hydrogen) atoms. The number of rotatable bonds is 4. The van der Waals surface area contributed by atoms with E-state index >= 15 is 0 Å². The number of carbonyl (C=O) groups excluding carboxylic acids is 1. The molecule has 0 saturated carbocycles. The number of ether oxygens (including phenoxy) is 1. The fourth-order valence-corrected chi connectivity index (χ4v) is 0.698. The summed E-state index contributed by atoms with van der Waals surface area (Å²) in [6.07, 6.45) is 1.77. The first kappa shape index (κ1) is 11.7. The maximum absolute atomic E-state index is 11.3. The van der Waals surface area contributed by atoms with Crippen molar-refractivity contribution in [2.75, 3.05) is 13.7 Å². The quantitative estimate of drug-likeness (QED) is 0.379. The van der Waals surface area contributed by atoms with Crippen molar-refractivity contribution in [3.05, 3.63) is 11.6 Å². The highest BCUT2D eigenvalue weighted by Gasteiger charge is 2.14. The Bertz CT molecular complexity index is 231. The fraction of sp³-hybridized carbons (Fsp3) is 0.556. The van der Waals surface area contributed by atoms with Crippen LogP contribution in [0.25, 0.3) is 0 Å². The summed E-state index contributed by atoms with van der Waals surface area (Å²) in [5, 5.41) is 3.59. The lowest BCUT2D eigenvalue weighted by Gasteiger charge is -2.04. The van der Waals surface area contributed by atoms with Gasteiger partial charge in [-0.2, -0.15) is 0 Å². The fourth-order valence-electron chi connectivity index (χ4n) is 0.698. The van der Waals surface area contributed by atoms with Crippen molar-refractivity contribution >= 4 is 11.7 Å². The zero-order chi connectivity index (χ0) is 10.3. The molecule has 0 rings (SSSR count). The minimum Gasteiger partial charge on any atom is -0.461 e. The van der Waals surface area contributed by atoms with Gasteiger partial charge in [-0.05, 0) is 26.3 Å². The van der Waals surface area contributed by atoms with Crippen molar-refractivity contribution in [2.45, 2.75) is 20.8 Å². The predicted molar refractivity (Wildman–Crippen MR) is 50.5 cm³/mol. The minimum absolute atomic E-state index is 0.215. The second-order valence-electron chi connectivity index (χ2n) is 2.31. The van der Waals surface area contributed by atoms with E-state index in [0.717, 1.165) is 5.57 Å². The molecule has 4 heteroatoms. The lowest BCUT2D eigenvalue weighted by atomic mass is 10.2. The molecule has 0 aromatic heterocycles. The van der Waals surface area contributed by atoms with Gasteiger partial charge < -0.3 is 9.57 Å². The third-order valence-electron chi connectivity index (χ3n) is 1.46. The number of hydrogen-bond donors (Lipinski definition) is 0. The van der Waals surface area contributed by atoms with Crippen molar-refractivity contribution in [1.29, 1.82) is 0 Å². The van der Waals surface area contributed by atoms with Gasteiger partial charge in [-0.1, -0.05) is 11.2 Å². The summed E-state index contributed by atoms with van der Waals surface area (Å²) in [5.74, 6) is -0.458. The van der Waals surface area contributed by atoms with Crippen LogP contribution in [-0.4, -0.2) is 25.4 Å². The summed E-state index contributed by atoms with van der Waals surface area (Å²) in [5.41, 5.74) is 0.951. The van der Waals surface area contributed by atoms with E-state index in [0.29, 0.717) is 6.61 Å². The average molecular weight is 185 g/mol. The molecule has 0 bridgehead atoms. The molecule has 0 heterocycles. The second kappa shape index (κ2) is 6.22. The van der Waals surface area contributed by atoms with E-state index in [1.54, 1.807) is 19.9 Å². The monoisotopic (exact) mass is 185 g/mol. The maximum atomic E-state index is 11.3. The van der Waals surface area contributed by atoms with Gasteiger partial charge in [0, 0.05) is 0 Å². The van der Waals surface area contributed by atoms with Gasteiger partial charge in [0.05, 0.1) is 6.61 Å². The second-order valence-corrected chi connectivity index (χ2v) is 2.31. The molecule has 0 saturated heterocycles. The van der Waals surface area contributed by atoms with E-state index < -0.39 is 5.97 Å². The van der Waals surface area contributed by atoms with Crippen molar-refractivity contribution in [1.82, 2.24) is 0 Å². The van der Waals surface area contributed by atoms with Crippen LogP contribution in [0.5, 0.6) is 0 Å². The van der Waals surface area contributed by atoms with Gasteiger partial charge in [-0.3, -0.25) is 0 Å². The highest BCUT2D eigenvalue weighted by Crippen LogP contribution is 2.00. The molecule has 0 aliphatic carbocycles. The largest absolute Gasteiger partial charge is 0.461 e. The summed E-state index contributed by atoms with van der Waals surface area (Å²) in [7, 11) is 1.39. The number of carbonyl (C=O) groups is 1. The highest BCUT2D eigenvalue weighted by atomic mass is 16.6. The summed E-state index contributed by atoms with van der Waals surface area (Å²) in [4.78, 5) is 15.8. The highest BCUT2D eigenvalue weighted by molar-refractivity contribution is 6.42. The Kier molecular flexibility index (Phi) is 5.59. The molecule has 0 atom stereocenters. The molecule has 0 aromatic carbocycles. The standard InChI is InChI=1S/C9H15NO3/c1-5-7(3)8(10-12-4)9(11)13-6-2/h5H,6H2,1-4H3/b7-5+,10-8-. The molecule has 0 radical (unpaired) electrons. The SMILES string of the molecule is C/C=C(C)/C(=N/OC)C(=O)OCC. The summed E-state index contributed by atoms with van der Waals surface area (Å²) in [6.45, 7) is 5.67. The third-order valence-corrected chi connectivity index (χ3v) is 1.46. The average Bonchev–Trinajstić information content (AvgIpc) is 2.13. The van der Waals surface area contributed by atoms with E-state index in [1.807, 2.05) is 6.92 Å². The van der Waals surface area contributed by atoms with Crippen LogP contribution in [0.2, 0.25) is 0 Å². The molecule has 0 fully saturated rings. The van der Waals surface area contributed by atoms with Crippen LogP contribution in [0.4, 0.5) is 0 Å². The van der Waals surface area contributed by atoms with E-state index in [1.165, 1.54) is 7.11 Å². The van der Waals surface area contributed by atoms with Gasteiger partial charge in [-0.15, -0.1) is 0 Å². The molecule has 0 unspecified atom stereocenters. The summed E-state index contributed by atoms with van der Waals surface area (Å²) in [6, 6.07) is 0. The Balaban J connectivity index is 4.62. The van der Waals surface area contributed by atoms with E-state index in [-0.39, 0.29) is 5.71 Å². The van der Waals surface area contributed by atoms with Crippen LogP contribution in [0.3, 0.4) is 0 Å². The van der Waals surface area contributed by atoms with Crippen LogP contribution in [0.1, 0.15) is 20.8 Å². The first-order chi connectivity index (χ1) is 6.17. The van der Waals surface area contributed by atoms with Crippen LogP contribution >= 0.6 is 0 Å². The topological polar surface area (TPSA) is 47.9 Å². The lowest BCUT2D eigenvalue weighted by Crippen LogP contribution is -2.19. The van der Waals surface area contributed by atoms with Crippen molar-refractivity contribution in [2.24, 2.45) is 5.16 Å². The minimum atomic E-state index is -0.458. The molecule has 0 aliphatic rings. The van der Waals surface area contributed by atoms with Gasteiger partial charge in [0.15, 0.2) is 5.71 Å². The number of hydrogen-bond acceptors (Lipinski definition) is 4. The first-order valence-electron chi connectivity index (χ1n) is 4.08. The van der Waals surface area contributed by atoms with Crippen molar-refractivity contribution < 1.29 is 14.4 Å².